The minimum atomic E-state index is -3.73. The summed E-state index contributed by atoms with van der Waals surface area (Å²) < 4.78 is 60.8. The summed E-state index contributed by atoms with van der Waals surface area (Å²) in [5.74, 6) is -1.88. The molecule has 172 valence electrons. The molecule has 0 radical (unpaired) electrons. The Morgan fingerprint density at radius 2 is 1.62 bits per heavy atom. The van der Waals surface area contributed by atoms with Gasteiger partial charge in [-0.25, -0.2) is 13.2 Å². The Balaban J connectivity index is 1.54. The number of carbonyl (C=O) groups is 2. The Morgan fingerprint density at radius 3 is 2.25 bits per heavy atom. The molecule has 8 nitrogen and oxygen atoms in total. The van der Waals surface area contributed by atoms with Gasteiger partial charge in [0, 0.05) is 31.2 Å². The smallest absolute Gasteiger partial charge is 0.387 e. The third-order valence-corrected chi connectivity index (χ3v) is 6.86. The number of carbonyl (C=O) groups excluding carboxylic acids is 2. The number of hydrogen-bond acceptors (Lipinski definition) is 6. The van der Waals surface area contributed by atoms with E-state index in [2.05, 4.69) is 4.74 Å². The topological polar surface area (TPSA) is 93.2 Å². The summed E-state index contributed by atoms with van der Waals surface area (Å²) in [6.45, 7) is -3.40. The molecule has 0 saturated carbocycles. The molecule has 1 saturated heterocycles. The van der Waals surface area contributed by atoms with E-state index in [-0.39, 0.29) is 42.4 Å². The predicted octanol–water partition coefficient (Wildman–Crippen LogP) is 2.63. The number of piperazine rings is 1. The number of nitrogens with zero attached hydrogens (tertiary/aromatic N) is 2. The molecule has 2 aromatic rings. The Labute approximate surface area is 188 Å². The van der Waals surface area contributed by atoms with E-state index in [1.165, 1.54) is 57.7 Å². The Bertz CT molecular complexity index is 1070. The largest absolute Gasteiger partial charge is 0.452 e. The number of sulfonamides is 1. The lowest BCUT2D eigenvalue weighted by Crippen LogP contribution is -2.51. The first-order chi connectivity index (χ1) is 15.2. The van der Waals surface area contributed by atoms with Crippen molar-refractivity contribution in [3.05, 3.63) is 59.1 Å². The molecule has 3 rings (SSSR count). The van der Waals surface area contributed by atoms with Crippen LogP contribution in [0.5, 0.6) is 5.75 Å². The molecule has 0 atom stereocenters. The molecular formula is C20H19ClF2N2O6S. The van der Waals surface area contributed by atoms with Crippen LogP contribution in [0, 0.1) is 0 Å². The first-order valence-electron chi connectivity index (χ1n) is 9.43. The highest BCUT2D eigenvalue weighted by atomic mass is 35.5. The maximum Gasteiger partial charge on any atom is 0.387 e. The normalized spacial score (nSPS) is 14.9. The molecule has 12 heteroatoms. The van der Waals surface area contributed by atoms with Crippen LogP contribution in [0.3, 0.4) is 0 Å². The van der Waals surface area contributed by atoms with Crippen LogP contribution in [0.15, 0.2) is 53.4 Å². The van der Waals surface area contributed by atoms with Crippen molar-refractivity contribution in [1.82, 2.24) is 9.21 Å². The van der Waals surface area contributed by atoms with E-state index >= 15 is 0 Å². The van der Waals surface area contributed by atoms with Crippen LogP contribution in [0.1, 0.15) is 10.4 Å². The molecule has 32 heavy (non-hydrogen) atoms. The maximum absolute atomic E-state index is 12.7. The van der Waals surface area contributed by atoms with Crippen molar-refractivity contribution in [2.24, 2.45) is 0 Å². The summed E-state index contributed by atoms with van der Waals surface area (Å²) in [5.41, 5.74) is -0.237. The number of alkyl halides is 2. The van der Waals surface area contributed by atoms with Crippen molar-refractivity contribution in [1.29, 1.82) is 0 Å². The highest BCUT2D eigenvalue weighted by Crippen LogP contribution is 2.22. The number of hydrogen-bond donors (Lipinski definition) is 0. The fourth-order valence-corrected chi connectivity index (χ4v) is 4.61. The molecule has 1 fully saturated rings. The zero-order valence-electron chi connectivity index (χ0n) is 16.6. The van der Waals surface area contributed by atoms with Gasteiger partial charge in [-0.3, -0.25) is 4.79 Å². The van der Waals surface area contributed by atoms with Gasteiger partial charge in [-0.1, -0.05) is 23.7 Å². The van der Waals surface area contributed by atoms with E-state index < -0.39 is 35.1 Å². The molecule has 0 aromatic heterocycles. The van der Waals surface area contributed by atoms with E-state index in [0.29, 0.717) is 5.02 Å². The lowest BCUT2D eigenvalue weighted by Gasteiger charge is -2.33. The van der Waals surface area contributed by atoms with Crippen LogP contribution in [0.25, 0.3) is 0 Å². The first-order valence-corrected chi connectivity index (χ1v) is 11.2. The van der Waals surface area contributed by atoms with Gasteiger partial charge in [-0.05, 0) is 36.4 Å². The quantitative estimate of drug-likeness (QED) is 0.556. The summed E-state index contributed by atoms with van der Waals surface area (Å²) in [6, 6.07) is 11.1. The van der Waals surface area contributed by atoms with E-state index in [1.807, 2.05) is 0 Å². The lowest BCUT2D eigenvalue weighted by molar-refractivity contribution is -0.135. The molecule has 0 bridgehead atoms. The fraction of sp³-hybridized carbons (Fsp3) is 0.300. The number of halogens is 3. The van der Waals surface area contributed by atoms with Crippen LogP contribution < -0.4 is 4.74 Å². The molecule has 0 aliphatic carbocycles. The van der Waals surface area contributed by atoms with E-state index in [0.717, 1.165) is 0 Å². The van der Waals surface area contributed by atoms with Gasteiger partial charge >= 0.3 is 12.6 Å². The number of rotatable bonds is 7. The second kappa shape index (κ2) is 10.2. The van der Waals surface area contributed by atoms with Crippen LogP contribution in [-0.4, -0.2) is 68.9 Å². The monoisotopic (exact) mass is 488 g/mol. The van der Waals surface area contributed by atoms with Crippen molar-refractivity contribution in [3.8, 4) is 5.75 Å². The molecule has 1 heterocycles. The van der Waals surface area contributed by atoms with Crippen molar-refractivity contribution in [2.75, 3.05) is 32.8 Å². The lowest BCUT2D eigenvalue weighted by atomic mass is 10.2. The van der Waals surface area contributed by atoms with Crippen LogP contribution in [-0.2, 0) is 19.6 Å². The van der Waals surface area contributed by atoms with Crippen molar-refractivity contribution in [2.45, 2.75) is 11.5 Å². The number of esters is 1. The average Bonchev–Trinajstić information content (AvgIpc) is 2.77. The second-order valence-corrected chi connectivity index (χ2v) is 9.06. The van der Waals surface area contributed by atoms with Crippen LogP contribution >= 0.6 is 11.6 Å². The van der Waals surface area contributed by atoms with Gasteiger partial charge in [-0.2, -0.15) is 13.1 Å². The van der Waals surface area contributed by atoms with E-state index in [4.69, 9.17) is 16.3 Å². The van der Waals surface area contributed by atoms with Gasteiger partial charge in [0.05, 0.1) is 4.90 Å². The molecule has 1 amide bonds. The summed E-state index contributed by atoms with van der Waals surface area (Å²) >= 11 is 5.79. The minimum absolute atomic E-state index is 0.0652. The first kappa shape index (κ1) is 23.9. The maximum atomic E-state index is 12.7. The molecular weight excluding hydrogens is 470 g/mol. The summed E-state index contributed by atoms with van der Waals surface area (Å²) in [5, 5.41) is 0.414. The molecule has 0 spiro atoms. The highest BCUT2D eigenvalue weighted by Gasteiger charge is 2.30. The molecule has 0 unspecified atom stereocenters. The molecule has 1 aliphatic rings. The number of benzene rings is 2. The van der Waals surface area contributed by atoms with E-state index in [1.54, 1.807) is 0 Å². The Morgan fingerprint density at radius 1 is 1.00 bits per heavy atom. The van der Waals surface area contributed by atoms with Gasteiger partial charge in [-0.15, -0.1) is 0 Å². The van der Waals surface area contributed by atoms with Crippen LogP contribution in [0.2, 0.25) is 5.02 Å². The van der Waals surface area contributed by atoms with Gasteiger partial charge < -0.3 is 14.4 Å². The third kappa shape index (κ3) is 5.72. The number of amides is 1. The van der Waals surface area contributed by atoms with Gasteiger partial charge in [0.1, 0.15) is 11.3 Å². The van der Waals surface area contributed by atoms with Gasteiger partial charge in [0.2, 0.25) is 10.0 Å². The van der Waals surface area contributed by atoms with Crippen molar-refractivity contribution >= 4 is 33.5 Å². The van der Waals surface area contributed by atoms with Gasteiger partial charge in [0.15, 0.2) is 6.61 Å². The number of para-hydroxylation sites is 1. The zero-order valence-corrected chi connectivity index (χ0v) is 18.2. The zero-order chi connectivity index (χ0) is 23.3. The minimum Gasteiger partial charge on any atom is -0.452 e. The average molecular weight is 489 g/mol. The molecule has 2 aromatic carbocycles. The molecule has 1 aliphatic heterocycles. The summed E-state index contributed by atoms with van der Waals surface area (Å²) in [6.07, 6.45) is 0. The van der Waals surface area contributed by atoms with Gasteiger partial charge in [0.25, 0.3) is 5.91 Å². The third-order valence-electron chi connectivity index (χ3n) is 4.69. The second-order valence-electron chi connectivity index (χ2n) is 6.69. The predicted molar refractivity (Wildman–Crippen MR) is 110 cm³/mol. The van der Waals surface area contributed by atoms with Crippen molar-refractivity contribution < 1.29 is 36.3 Å². The summed E-state index contributed by atoms with van der Waals surface area (Å²) in [7, 11) is -3.73. The van der Waals surface area contributed by atoms with Crippen molar-refractivity contribution in [3.63, 3.8) is 0 Å². The SMILES string of the molecule is O=C(OCC(=O)N1CCN(S(=O)(=O)c2ccc(Cl)cc2)CC1)c1ccccc1OC(F)F. The fourth-order valence-electron chi connectivity index (χ4n) is 3.06. The molecule has 0 N–H and O–H groups in total. The highest BCUT2D eigenvalue weighted by molar-refractivity contribution is 7.89. The standard InChI is InChI=1S/C20H19ClF2N2O6S/c21-14-5-7-15(8-6-14)32(28,29)25-11-9-24(10-12-25)18(26)13-30-19(27)16-3-1-2-4-17(16)31-20(22)23/h1-8,20H,9-13H2. The van der Waals surface area contributed by atoms with E-state index in [9.17, 15) is 26.8 Å². The van der Waals surface area contributed by atoms with Crippen LogP contribution in [0.4, 0.5) is 8.78 Å². The number of ether oxygens (including phenoxy) is 2. The Hall–Kier alpha value is -2.76. The Kier molecular flexibility index (Phi) is 7.64. The summed E-state index contributed by atoms with van der Waals surface area (Å²) in [4.78, 5) is 26.0.